The second-order valence-electron chi connectivity index (χ2n) is 6.69. The Hall–Kier alpha value is -1.53. The van der Waals surface area contributed by atoms with Crippen molar-refractivity contribution in [2.75, 3.05) is 27.2 Å². The first kappa shape index (κ1) is 18.5. The van der Waals surface area contributed by atoms with Crippen LogP contribution in [0.1, 0.15) is 39.5 Å². The molecule has 0 aliphatic heterocycles. The van der Waals surface area contributed by atoms with Gasteiger partial charge in [0, 0.05) is 19.1 Å². The molecule has 0 radical (unpaired) electrons. The van der Waals surface area contributed by atoms with Crippen molar-refractivity contribution in [2.24, 2.45) is 0 Å². The van der Waals surface area contributed by atoms with Gasteiger partial charge in [-0.3, -0.25) is 4.90 Å². The third-order valence-corrected chi connectivity index (χ3v) is 3.11. The molecule has 6 nitrogen and oxygen atoms in total. The quantitative estimate of drug-likeness (QED) is 0.809. The number of hydrogen-bond donors (Lipinski definition) is 2. The molecule has 0 saturated carbocycles. The van der Waals surface area contributed by atoms with Gasteiger partial charge in [-0.2, -0.15) is 0 Å². The van der Waals surface area contributed by atoms with Crippen LogP contribution in [-0.2, 0) is 4.74 Å². The number of hydrogen-bond acceptors (Lipinski definition) is 5. The highest BCUT2D eigenvalue weighted by Crippen LogP contribution is 2.17. The summed E-state index contributed by atoms with van der Waals surface area (Å²) in [6, 6.07) is 4.14. The predicted octanol–water partition coefficient (Wildman–Crippen LogP) is 2.39. The van der Waals surface area contributed by atoms with E-state index in [4.69, 9.17) is 9.15 Å². The number of carbonyl (C=O) groups excluding carboxylic acids is 1. The van der Waals surface area contributed by atoms with Crippen molar-refractivity contribution >= 4 is 6.09 Å². The van der Waals surface area contributed by atoms with E-state index in [-0.39, 0.29) is 12.1 Å². The van der Waals surface area contributed by atoms with Gasteiger partial charge in [0.25, 0.3) is 0 Å². The maximum Gasteiger partial charge on any atom is 0.407 e. The lowest BCUT2D eigenvalue weighted by Crippen LogP contribution is -2.43. The van der Waals surface area contributed by atoms with E-state index in [1.165, 1.54) is 0 Å². The molecule has 1 aromatic rings. The van der Waals surface area contributed by atoms with E-state index < -0.39 is 11.7 Å². The Balaban J connectivity index is 2.35. The fraction of sp³-hybridized carbons (Fsp3) is 0.688. The molecule has 6 heteroatoms. The summed E-state index contributed by atoms with van der Waals surface area (Å²) in [7, 11) is 4.02. The van der Waals surface area contributed by atoms with Crippen LogP contribution in [0.25, 0.3) is 0 Å². The monoisotopic (exact) mass is 311 g/mol. The second kappa shape index (κ2) is 8.19. The zero-order chi connectivity index (χ0) is 16.8. The van der Waals surface area contributed by atoms with Gasteiger partial charge in [0.2, 0.25) is 0 Å². The zero-order valence-electron chi connectivity index (χ0n) is 14.5. The molecule has 0 aromatic carbocycles. The van der Waals surface area contributed by atoms with Crippen molar-refractivity contribution in [1.29, 1.82) is 0 Å². The van der Waals surface area contributed by atoms with E-state index >= 15 is 0 Å². The van der Waals surface area contributed by atoms with Crippen LogP contribution in [0, 0.1) is 0 Å². The van der Waals surface area contributed by atoms with Crippen LogP contribution in [0.2, 0.25) is 0 Å². The number of rotatable bonds is 7. The van der Waals surface area contributed by atoms with E-state index in [0.29, 0.717) is 6.54 Å². The van der Waals surface area contributed by atoms with Gasteiger partial charge in [-0.05, 0) is 53.9 Å². The Morgan fingerprint density at radius 1 is 1.36 bits per heavy atom. The minimum absolute atomic E-state index is 0.130. The first-order valence-corrected chi connectivity index (χ1v) is 7.59. The van der Waals surface area contributed by atoms with Gasteiger partial charge in [0.15, 0.2) is 0 Å². The molecule has 2 N–H and O–H groups in total. The van der Waals surface area contributed by atoms with Crippen molar-refractivity contribution in [3.8, 4) is 0 Å². The molecule has 2 unspecified atom stereocenters. The number of ether oxygens (including phenoxy) is 1. The smallest absolute Gasteiger partial charge is 0.407 e. The fourth-order valence-corrected chi connectivity index (χ4v) is 1.95. The van der Waals surface area contributed by atoms with Crippen molar-refractivity contribution in [3.05, 3.63) is 24.2 Å². The summed E-state index contributed by atoms with van der Waals surface area (Å²) in [4.78, 5) is 13.7. The zero-order valence-corrected chi connectivity index (χ0v) is 14.5. The van der Waals surface area contributed by atoms with Crippen LogP contribution in [0.3, 0.4) is 0 Å². The average molecular weight is 311 g/mol. The van der Waals surface area contributed by atoms with Gasteiger partial charge in [-0.15, -0.1) is 0 Å². The summed E-state index contributed by atoms with van der Waals surface area (Å²) in [6.07, 6.45) is 1.29. The summed E-state index contributed by atoms with van der Waals surface area (Å²) in [5.41, 5.74) is -0.476. The second-order valence-corrected chi connectivity index (χ2v) is 6.69. The van der Waals surface area contributed by atoms with Crippen LogP contribution in [0.15, 0.2) is 22.8 Å². The van der Waals surface area contributed by atoms with E-state index in [0.717, 1.165) is 12.3 Å². The molecular weight excluding hydrogens is 282 g/mol. The van der Waals surface area contributed by atoms with Crippen molar-refractivity contribution in [1.82, 2.24) is 15.5 Å². The Labute approximate surface area is 133 Å². The number of furan rings is 1. The maximum atomic E-state index is 11.6. The van der Waals surface area contributed by atoms with Crippen LogP contribution in [-0.4, -0.2) is 49.8 Å². The molecule has 0 aliphatic rings. The van der Waals surface area contributed by atoms with Crippen LogP contribution < -0.4 is 10.6 Å². The van der Waals surface area contributed by atoms with Gasteiger partial charge in [-0.25, -0.2) is 4.79 Å². The maximum absolute atomic E-state index is 11.6. The highest BCUT2D eigenvalue weighted by Gasteiger charge is 2.19. The summed E-state index contributed by atoms with van der Waals surface area (Å²) >= 11 is 0. The number of likely N-dealkylation sites (N-methyl/N-ethyl adjacent to an activating group) is 1. The number of alkyl carbamates (subject to hydrolysis) is 1. The van der Waals surface area contributed by atoms with E-state index in [1.807, 2.05) is 53.9 Å². The van der Waals surface area contributed by atoms with Gasteiger partial charge in [-0.1, -0.05) is 0 Å². The first-order chi connectivity index (χ1) is 10.2. The summed E-state index contributed by atoms with van der Waals surface area (Å²) in [5.74, 6) is 0.921. The minimum atomic E-state index is -0.476. The SMILES string of the molecule is CC(CNC(=O)OC(C)(C)C)NCC(c1ccco1)N(C)C. The van der Waals surface area contributed by atoms with Crippen molar-refractivity contribution in [2.45, 2.75) is 45.4 Å². The topological polar surface area (TPSA) is 66.7 Å². The number of carbonyl (C=O) groups is 1. The largest absolute Gasteiger partial charge is 0.468 e. The minimum Gasteiger partial charge on any atom is -0.468 e. The molecule has 1 aromatic heterocycles. The molecule has 1 amide bonds. The van der Waals surface area contributed by atoms with Crippen molar-refractivity contribution < 1.29 is 13.9 Å². The first-order valence-electron chi connectivity index (χ1n) is 7.59. The lowest BCUT2D eigenvalue weighted by molar-refractivity contribution is 0.0523. The molecule has 1 heterocycles. The molecule has 0 saturated heterocycles. The molecule has 126 valence electrons. The van der Waals surface area contributed by atoms with E-state index in [9.17, 15) is 4.79 Å². The molecule has 0 fully saturated rings. The molecule has 0 aliphatic carbocycles. The average Bonchev–Trinajstić information content (AvgIpc) is 2.88. The highest BCUT2D eigenvalue weighted by molar-refractivity contribution is 5.67. The Morgan fingerprint density at radius 2 is 2.05 bits per heavy atom. The van der Waals surface area contributed by atoms with Crippen LogP contribution >= 0.6 is 0 Å². The lowest BCUT2D eigenvalue weighted by atomic mass is 10.2. The highest BCUT2D eigenvalue weighted by atomic mass is 16.6. The number of nitrogens with one attached hydrogen (secondary N) is 2. The van der Waals surface area contributed by atoms with Gasteiger partial charge in [0.05, 0.1) is 12.3 Å². The summed E-state index contributed by atoms with van der Waals surface area (Å²) in [6.45, 7) is 8.80. The van der Waals surface area contributed by atoms with Gasteiger partial charge in [0.1, 0.15) is 11.4 Å². The van der Waals surface area contributed by atoms with Crippen LogP contribution in [0.5, 0.6) is 0 Å². The Kier molecular flexibility index (Phi) is 6.90. The Morgan fingerprint density at radius 3 is 2.55 bits per heavy atom. The molecule has 0 spiro atoms. The predicted molar refractivity (Wildman–Crippen MR) is 86.8 cm³/mol. The summed E-state index contributed by atoms with van der Waals surface area (Å²) in [5, 5.41) is 6.16. The number of nitrogens with zero attached hydrogens (tertiary/aromatic N) is 1. The fourth-order valence-electron chi connectivity index (χ4n) is 1.95. The van der Waals surface area contributed by atoms with E-state index in [2.05, 4.69) is 15.5 Å². The Bertz CT molecular complexity index is 438. The van der Waals surface area contributed by atoms with Gasteiger partial charge >= 0.3 is 6.09 Å². The third kappa shape index (κ3) is 6.95. The van der Waals surface area contributed by atoms with E-state index in [1.54, 1.807) is 6.26 Å². The molecule has 1 rings (SSSR count). The lowest BCUT2D eigenvalue weighted by Gasteiger charge is -2.25. The molecular formula is C16H29N3O3. The molecule has 22 heavy (non-hydrogen) atoms. The summed E-state index contributed by atoms with van der Waals surface area (Å²) < 4.78 is 10.7. The van der Waals surface area contributed by atoms with Crippen molar-refractivity contribution in [3.63, 3.8) is 0 Å². The van der Waals surface area contributed by atoms with Gasteiger partial charge < -0.3 is 19.8 Å². The number of amides is 1. The standard InChI is InChI=1S/C16H29N3O3/c1-12(10-18-15(20)22-16(2,3)4)17-11-13(19(5)6)14-8-7-9-21-14/h7-9,12-13,17H,10-11H2,1-6H3,(H,18,20). The molecule has 2 atom stereocenters. The van der Waals surface area contributed by atoms with Crippen LogP contribution in [0.4, 0.5) is 4.79 Å². The normalized spacial score (nSPS) is 14.7. The molecule has 0 bridgehead atoms. The third-order valence-electron chi connectivity index (χ3n) is 3.11.